The van der Waals surface area contributed by atoms with Crippen LogP contribution >= 0.6 is 7.37 Å². The highest BCUT2D eigenvalue weighted by molar-refractivity contribution is 7.57. The van der Waals surface area contributed by atoms with Crippen molar-refractivity contribution in [1.29, 1.82) is 0 Å². The second-order valence-electron chi connectivity index (χ2n) is 2.82. The summed E-state index contributed by atoms with van der Waals surface area (Å²) in [7, 11) is -2.52. The highest BCUT2D eigenvalue weighted by Crippen LogP contribution is 2.41. The summed E-state index contributed by atoms with van der Waals surface area (Å²) in [4.78, 5) is 10.5. The van der Waals surface area contributed by atoms with Gasteiger partial charge in [0.05, 0.1) is 6.42 Å². The monoisotopic (exact) mass is 178 g/mol. The van der Waals surface area contributed by atoms with Crippen LogP contribution in [0, 0.1) is 0 Å². The van der Waals surface area contributed by atoms with E-state index >= 15 is 0 Å². The van der Waals surface area contributed by atoms with Crippen LogP contribution in [0.5, 0.6) is 0 Å². The van der Waals surface area contributed by atoms with Gasteiger partial charge in [0.2, 0.25) is 6.29 Å². The van der Waals surface area contributed by atoms with Gasteiger partial charge in [-0.3, -0.25) is 13.9 Å². The molecule has 1 aliphatic heterocycles. The lowest BCUT2D eigenvalue weighted by atomic mass is 10.4. The summed E-state index contributed by atoms with van der Waals surface area (Å²) in [5, 5.41) is 0. The van der Waals surface area contributed by atoms with Gasteiger partial charge in [-0.2, -0.15) is 0 Å². The smallest absolute Gasteiger partial charge is 0.308 e. The Labute approximate surface area is 65.3 Å². The molecule has 1 saturated heterocycles. The molecule has 0 aromatic carbocycles. The van der Waals surface area contributed by atoms with Crippen LogP contribution in [0.2, 0.25) is 0 Å². The Morgan fingerprint density at radius 1 is 1.64 bits per heavy atom. The number of hydrogen-bond donors (Lipinski definition) is 0. The first-order valence-electron chi connectivity index (χ1n) is 3.40. The molecule has 0 aromatic rings. The first-order valence-corrected chi connectivity index (χ1v) is 5.92. The van der Waals surface area contributed by atoms with E-state index in [1.54, 1.807) is 0 Å². The van der Waals surface area contributed by atoms with Gasteiger partial charge in [-0.05, 0) is 0 Å². The molecule has 1 rings (SSSR count). The summed E-state index contributed by atoms with van der Waals surface area (Å²) in [6.45, 7) is 3.00. The number of ether oxygens (including phenoxy) is 1. The average Bonchev–Trinajstić information content (AvgIpc) is 2.10. The number of carbonyl (C=O) groups is 1. The average molecular weight is 178 g/mol. The SMILES string of the molecule is CP(C)(=O)OC1CCC(=O)O1. The molecule has 0 amide bonds. The molecule has 1 unspecified atom stereocenters. The van der Waals surface area contributed by atoms with Crippen molar-refractivity contribution in [2.45, 2.75) is 19.1 Å². The van der Waals surface area contributed by atoms with Crippen molar-refractivity contribution in [1.82, 2.24) is 0 Å². The van der Waals surface area contributed by atoms with Gasteiger partial charge in [-0.25, -0.2) is 0 Å². The minimum absolute atomic E-state index is 0.275. The van der Waals surface area contributed by atoms with Crippen LogP contribution in [0.25, 0.3) is 0 Å². The number of cyclic esters (lactones) is 1. The molecule has 0 aromatic heterocycles. The van der Waals surface area contributed by atoms with Gasteiger partial charge in [-0.15, -0.1) is 0 Å². The molecule has 0 bridgehead atoms. The van der Waals surface area contributed by atoms with Crippen molar-refractivity contribution < 1.29 is 18.6 Å². The number of hydrogen-bond acceptors (Lipinski definition) is 4. The van der Waals surface area contributed by atoms with E-state index in [1.807, 2.05) is 0 Å². The summed E-state index contributed by atoms with van der Waals surface area (Å²) in [5.74, 6) is -0.275. The van der Waals surface area contributed by atoms with Gasteiger partial charge in [0.15, 0.2) is 7.37 Å². The van der Waals surface area contributed by atoms with Crippen LogP contribution in [0.1, 0.15) is 12.8 Å². The molecule has 0 radical (unpaired) electrons. The van der Waals surface area contributed by atoms with Crippen molar-refractivity contribution >= 4 is 13.3 Å². The molecule has 1 atom stereocenters. The minimum atomic E-state index is -2.52. The quantitative estimate of drug-likeness (QED) is 0.471. The fraction of sp³-hybridized carbons (Fsp3) is 0.833. The van der Waals surface area contributed by atoms with Gasteiger partial charge >= 0.3 is 5.97 Å². The van der Waals surface area contributed by atoms with Crippen LogP contribution in [0.15, 0.2) is 0 Å². The van der Waals surface area contributed by atoms with Crippen LogP contribution in [-0.2, 0) is 18.6 Å². The fourth-order valence-electron chi connectivity index (χ4n) is 0.858. The lowest BCUT2D eigenvalue weighted by molar-refractivity contribution is -0.150. The van der Waals surface area contributed by atoms with Gasteiger partial charge in [0.25, 0.3) is 0 Å². The molecule has 64 valence electrons. The highest BCUT2D eigenvalue weighted by Gasteiger charge is 2.27. The summed E-state index contributed by atoms with van der Waals surface area (Å²) < 4.78 is 20.7. The number of carbonyl (C=O) groups excluding carboxylic acids is 1. The van der Waals surface area contributed by atoms with E-state index in [4.69, 9.17) is 9.26 Å². The van der Waals surface area contributed by atoms with Gasteiger partial charge in [0.1, 0.15) is 0 Å². The summed E-state index contributed by atoms with van der Waals surface area (Å²) in [6.07, 6.45) is 0.304. The Hall–Kier alpha value is -0.340. The second-order valence-corrected chi connectivity index (χ2v) is 5.53. The first kappa shape index (κ1) is 8.75. The predicted octanol–water partition coefficient (Wildman–Crippen LogP) is 1.20. The number of esters is 1. The molecule has 1 fully saturated rings. The normalized spacial score (nSPS) is 25.3. The maximum atomic E-state index is 11.1. The van der Waals surface area contributed by atoms with Gasteiger partial charge in [0, 0.05) is 19.8 Å². The third kappa shape index (κ3) is 3.04. The van der Waals surface area contributed by atoms with Crippen LogP contribution in [-0.4, -0.2) is 25.6 Å². The Kier molecular flexibility index (Phi) is 2.35. The first-order chi connectivity index (χ1) is 4.97. The zero-order valence-electron chi connectivity index (χ0n) is 6.57. The molecule has 0 N–H and O–H groups in total. The van der Waals surface area contributed by atoms with Crippen molar-refractivity contribution in [3.05, 3.63) is 0 Å². The van der Waals surface area contributed by atoms with E-state index < -0.39 is 13.7 Å². The molecule has 4 nitrogen and oxygen atoms in total. The van der Waals surface area contributed by atoms with E-state index in [0.717, 1.165) is 0 Å². The van der Waals surface area contributed by atoms with E-state index in [1.165, 1.54) is 13.3 Å². The van der Waals surface area contributed by atoms with Crippen molar-refractivity contribution in [2.75, 3.05) is 13.3 Å². The Balaban J connectivity index is 2.40. The third-order valence-corrected chi connectivity index (χ3v) is 1.96. The minimum Gasteiger partial charge on any atom is -0.435 e. The Morgan fingerprint density at radius 2 is 2.27 bits per heavy atom. The molecule has 5 heteroatoms. The molecule has 0 spiro atoms. The highest BCUT2D eigenvalue weighted by atomic mass is 31.2. The zero-order valence-corrected chi connectivity index (χ0v) is 7.47. The topological polar surface area (TPSA) is 52.6 Å². The molecule has 0 saturated carbocycles. The summed E-state index contributed by atoms with van der Waals surface area (Å²) >= 11 is 0. The third-order valence-electron chi connectivity index (χ3n) is 1.22. The molecular formula is C6H11O4P. The van der Waals surface area contributed by atoms with E-state index in [-0.39, 0.29) is 5.97 Å². The van der Waals surface area contributed by atoms with E-state index in [9.17, 15) is 9.36 Å². The largest absolute Gasteiger partial charge is 0.435 e. The summed E-state index contributed by atoms with van der Waals surface area (Å²) in [6, 6.07) is 0. The van der Waals surface area contributed by atoms with Crippen molar-refractivity contribution in [3.8, 4) is 0 Å². The molecular weight excluding hydrogens is 167 g/mol. The van der Waals surface area contributed by atoms with Crippen LogP contribution < -0.4 is 0 Å². The molecule has 11 heavy (non-hydrogen) atoms. The van der Waals surface area contributed by atoms with Crippen LogP contribution in [0.4, 0.5) is 0 Å². The molecule has 1 aliphatic rings. The molecule has 1 heterocycles. The lowest BCUT2D eigenvalue weighted by Gasteiger charge is -2.13. The lowest BCUT2D eigenvalue weighted by Crippen LogP contribution is -2.09. The van der Waals surface area contributed by atoms with E-state index in [2.05, 4.69) is 0 Å². The second kappa shape index (κ2) is 2.95. The number of rotatable bonds is 2. The van der Waals surface area contributed by atoms with Gasteiger partial charge in [-0.1, -0.05) is 0 Å². The van der Waals surface area contributed by atoms with Gasteiger partial charge < -0.3 is 4.74 Å². The van der Waals surface area contributed by atoms with E-state index in [0.29, 0.717) is 12.8 Å². The standard InChI is InChI=1S/C6H11O4P/c1-11(2,8)10-6-4-3-5(7)9-6/h6H,3-4H2,1-2H3. The Morgan fingerprint density at radius 3 is 2.64 bits per heavy atom. The van der Waals surface area contributed by atoms with Crippen LogP contribution in [0.3, 0.4) is 0 Å². The fourth-order valence-corrected chi connectivity index (χ4v) is 1.57. The maximum Gasteiger partial charge on any atom is 0.308 e. The van der Waals surface area contributed by atoms with Crippen molar-refractivity contribution in [3.63, 3.8) is 0 Å². The summed E-state index contributed by atoms with van der Waals surface area (Å²) in [5.41, 5.74) is 0. The predicted molar refractivity (Wildman–Crippen MR) is 39.7 cm³/mol. The maximum absolute atomic E-state index is 11.1. The zero-order chi connectivity index (χ0) is 8.48. The van der Waals surface area contributed by atoms with Crippen molar-refractivity contribution in [2.24, 2.45) is 0 Å². The molecule has 0 aliphatic carbocycles. The Bertz CT molecular complexity index is 207.